The molecule has 0 bridgehead atoms. The molecule has 4 aliphatic rings. The quantitative estimate of drug-likeness (QED) is 0.383. The van der Waals surface area contributed by atoms with Gasteiger partial charge in [-0.2, -0.15) is 4.31 Å². The zero-order valence-electron chi connectivity index (χ0n) is 22.1. The first-order valence-corrected chi connectivity index (χ1v) is 14.6. The predicted octanol–water partition coefficient (Wildman–Crippen LogP) is 0.701. The van der Waals surface area contributed by atoms with Crippen LogP contribution in [0.25, 0.3) is 0 Å². The average molecular weight is 547 g/mol. The molecule has 2 unspecified atom stereocenters. The molecule has 5 rings (SSSR count). The van der Waals surface area contributed by atoms with Crippen LogP contribution >= 0.6 is 0 Å². The smallest absolute Gasteiger partial charge is 0.244 e. The van der Waals surface area contributed by atoms with Gasteiger partial charge in [0.25, 0.3) is 0 Å². The Bertz CT molecular complexity index is 1230. The van der Waals surface area contributed by atoms with Crippen molar-refractivity contribution in [2.75, 3.05) is 66.8 Å². The number of amidine groups is 1. The van der Waals surface area contributed by atoms with Crippen molar-refractivity contribution in [3.8, 4) is 5.75 Å². The Labute approximate surface area is 224 Å². The molecule has 208 valence electrons. The third-order valence-corrected chi connectivity index (χ3v) is 9.42. The van der Waals surface area contributed by atoms with Crippen LogP contribution < -0.4 is 21.1 Å². The third-order valence-electron chi connectivity index (χ3n) is 7.52. The van der Waals surface area contributed by atoms with E-state index in [1.165, 1.54) is 7.11 Å². The van der Waals surface area contributed by atoms with Crippen molar-refractivity contribution in [3.63, 3.8) is 0 Å². The van der Waals surface area contributed by atoms with Crippen molar-refractivity contribution in [2.45, 2.75) is 36.0 Å². The highest BCUT2D eigenvalue weighted by molar-refractivity contribution is 7.89. The summed E-state index contributed by atoms with van der Waals surface area (Å²) < 4.78 is 45.9. The molecule has 4 heterocycles. The molecular weight excluding hydrogens is 508 g/mol. The highest BCUT2D eigenvalue weighted by atomic mass is 32.2. The maximum Gasteiger partial charge on any atom is 0.244 e. The van der Waals surface area contributed by atoms with E-state index in [0.717, 1.165) is 43.6 Å². The number of hydrogen-bond acceptors (Lipinski definition) is 10. The SMILES string of the molecule is COCCNC1=CC(N)(c2ccc(S(=O)(=O)N3CCCCC3N3CCOCC3)cc2OC)NC2=NCC=C12. The van der Waals surface area contributed by atoms with Crippen LogP contribution in [-0.2, 0) is 25.2 Å². The summed E-state index contributed by atoms with van der Waals surface area (Å²) in [7, 11) is -0.585. The van der Waals surface area contributed by atoms with E-state index in [1.54, 1.807) is 29.6 Å². The molecule has 2 fully saturated rings. The van der Waals surface area contributed by atoms with Crippen LogP contribution in [0, 0.1) is 0 Å². The second kappa shape index (κ2) is 11.3. The van der Waals surface area contributed by atoms with Gasteiger partial charge in [-0.15, -0.1) is 0 Å². The molecule has 0 aromatic heterocycles. The summed E-state index contributed by atoms with van der Waals surface area (Å²) in [4.78, 5) is 6.97. The Morgan fingerprint density at radius 1 is 1.24 bits per heavy atom. The molecule has 0 aliphatic carbocycles. The zero-order valence-corrected chi connectivity index (χ0v) is 22.9. The van der Waals surface area contributed by atoms with Gasteiger partial charge in [0.15, 0.2) is 0 Å². The number of sulfonamides is 1. The van der Waals surface area contributed by atoms with Crippen molar-refractivity contribution >= 4 is 15.9 Å². The van der Waals surface area contributed by atoms with E-state index in [0.29, 0.717) is 56.6 Å². The van der Waals surface area contributed by atoms with Gasteiger partial charge in [-0.1, -0.05) is 6.08 Å². The Morgan fingerprint density at radius 2 is 2.05 bits per heavy atom. The second-order valence-electron chi connectivity index (χ2n) is 9.88. The fraction of sp³-hybridized carbons (Fsp3) is 0.577. The second-order valence-corrected chi connectivity index (χ2v) is 11.8. The largest absolute Gasteiger partial charge is 0.496 e. The van der Waals surface area contributed by atoms with E-state index in [4.69, 9.17) is 19.9 Å². The van der Waals surface area contributed by atoms with Gasteiger partial charge >= 0.3 is 0 Å². The lowest BCUT2D eigenvalue weighted by atomic mass is 9.92. The van der Waals surface area contributed by atoms with Gasteiger partial charge in [-0.25, -0.2) is 8.42 Å². The predicted molar refractivity (Wildman–Crippen MR) is 144 cm³/mol. The number of ether oxygens (including phenoxy) is 3. The summed E-state index contributed by atoms with van der Waals surface area (Å²) >= 11 is 0. The fourth-order valence-electron chi connectivity index (χ4n) is 5.59. The van der Waals surface area contributed by atoms with E-state index in [1.807, 2.05) is 12.2 Å². The topological polar surface area (TPSA) is 131 Å². The lowest BCUT2D eigenvalue weighted by molar-refractivity contribution is -0.0215. The van der Waals surface area contributed by atoms with Crippen LogP contribution in [0.3, 0.4) is 0 Å². The van der Waals surface area contributed by atoms with E-state index in [9.17, 15) is 8.42 Å². The molecule has 2 atom stereocenters. The molecule has 0 spiro atoms. The molecule has 1 aromatic rings. The van der Waals surface area contributed by atoms with Crippen LogP contribution in [0.1, 0.15) is 24.8 Å². The van der Waals surface area contributed by atoms with Crippen molar-refractivity contribution in [1.82, 2.24) is 19.8 Å². The normalized spacial score (nSPS) is 26.6. The number of fused-ring (bicyclic) bond motifs is 1. The number of morpholine rings is 1. The first-order valence-electron chi connectivity index (χ1n) is 13.2. The molecular formula is C26H38N6O5S. The Kier molecular flexibility index (Phi) is 8.08. The molecule has 0 radical (unpaired) electrons. The minimum atomic E-state index is -3.77. The minimum Gasteiger partial charge on any atom is -0.496 e. The number of nitrogens with zero attached hydrogens (tertiary/aromatic N) is 3. The summed E-state index contributed by atoms with van der Waals surface area (Å²) in [5.41, 5.74) is 8.16. The standard InChI is InChI=1S/C26H38N6O5S/c1-35-14-10-28-22-18-26(27,30-25-20(22)8-9-29-25)21-7-6-19(17-23(21)36-2)38(33,34)32-11-4-3-5-24(32)31-12-15-37-16-13-31/h6-8,17-18,24,28H,3-5,9-16,27H2,1-2H3,(H,29,30). The maximum atomic E-state index is 13.9. The third kappa shape index (κ3) is 5.21. The van der Waals surface area contributed by atoms with Crippen molar-refractivity contribution < 1.29 is 22.6 Å². The monoisotopic (exact) mass is 546 g/mol. The summed E-state index contributed by atoms with van der Waals surface area (Å²) in [6, 6.07) is 4.95. The number of rotatable bonds is 9. The molecule has 38 heavy (non-hydrogen) atoms. The first kappa shape index (κ1) is 27.1. The highest BCUT2D eigenvalue weighted by Gasteiger charge is 2.40. The van der Waals surface area contributed by atoms with E-state index in [-0.39, 0.29) is 11.1 Å². The van der Waals surface area contributed by atoms with E-state index >= 15 is 0 Å². The van der Waals surface area contributed by atoms with Gasteiger partial charge in [0, 0.05) is 56.2 Å². The Balaban J connectivity index is 1.47. The molecule has 1 aromatic carbocycles. The number of aliphatic imine (C=N–C) groups is 1. The highest BCUT2D eigenvalue weighted by Crippen LogP contribution is 2.36. The Hall–Kier alpha value is -2.48. The van der Waals surface area contributed by atoms with Crippen LogP contribution in [-0.4, -0.2) is 96.4 Å². The summed E-state index contributed by atoms with van der Waals surface area (Å²) in [6.07, 6.45) is 6.41. The summed E-state index contributed by atoms with van der Waals surface area (Å²) in [5, 5.41) is 6.71. The number of piperidine rings is 1. The van der Waals surface area contributed by atoms with Gasteiger partial charge in [-0.3, -0.25) is 9.89 Å². The Morgan fingerprint density at radius 3 is 2.82 bits per heavy atom. The van der Waals surface area contributed by atoms with E-state index < -0.39 is 15.7 Å². The fourth-order valence-corrected chi connectivity index (χ4v) is 7.28. The maximum absolute atomic E-state index is 13.9. The van der Waals surface area contributed by atoms with Crippen molar-refractivity contribution in [3.05, 3.63) is 47.2 Å². The molecule has 0 saturated carbocycles. The number of methoxy groups -OCH3 is 2. The van der Waals surface area contributed by atoms with Crippen LogP contribution in [0.15, 0.2) is 51.5 Å². The van der Waals surface area contributed by atoms with Gasteiger partial charge in [0.2, 0.25) is 10.0 Å². The first-order chi connectivity index (χ1) is 18.4. The number of nitrogens with two attached hydrogens (primary N) is 1. The van der Waals surface area contributed by atoms with Crippen LogP contribution in [0.4, 0.5) is 0 Å². The summed E-state index contributed by atoms with van der Waals surface area (Å²) in [5.74, 6) is 1.08. The molecule has 11 nitrogen and oxygen atoms in total. The number of benzene rings is 1. The van der Waals surface area contributed by atoms with Crippen LogP contribution in [0.2, 0.25) is 0 Å². The lowest BCUT2D eigenvalue weighted by Crippen LogP contribution is -2.56. The molecule has 2 saturated heterocycles. The molecule has 4 aliphatic heterocycles. The van der Waals surface area contributed by atoms with Gasteiger partial charge in [-0.05, 0) is 37.5 Å². The lowest BCUT2D eigenvalue weighted by Gasteiger charge is -2.43. The zero-order chi connectivity index (χ0) is 26.8. The van der Waals surface area contributed by atoms with Gasteiger partial charge in [0.05, 0.1) is 44.5 Å². The summed E-state index contributed by atoms with van der Waals surface area (Å²) in [6.45, 7) is 4.91. The van der Waals surface area contributed by atoms with Crippen molar-refractivity contribution in [2.24, 2.45) is 10.7 Å². The number of hydrogen-bond donors (Lipinski definition) is 3. The number of nitrogens with one attached hydrogen (secondary N) is 2. The molecule has 12 heteroatoms. The van der Waals surface area contributed by atoms with Gasteiger partial charge < -0.3 is 30.6 Å². The molecule has 0 amide bonds. The van der Waals surface area contributed by atoms with Gasteiger partial charge in [0.1, 0.15) is 17.2 Å². The van der Waals surface area contributed by atoms with Crippen molar-refractivity contribution in [1.29, 1.82) is 0 Å². The molecule has 4 N–H and O–H groups in total. The van der Waals surface area contributed by atoms with Crippen LogP contribution in [0.5, 0.6) is 5.75 Å². The average Bonchev–Trinajstić information content (AvgIpc) is 3.41. The minimum absolute atomic E-state index is 0.168. The van der Waals surface area contributed by atoms with E-state index in [2.05, 4.69) is 20.5 Å².